The van der Waals surface area contributed by atoms with Crippen molar-refractivity contribution in [2.75, 3.05) is 19.7 Å². The number of carbonyl (C=O) groups is 2. The van der Waals surface area contributed by atoms with E-state index in [1.54, 1.807) is 12.2 Å². The van der Waals surface area contributed by atoms with Crippen molar-refractivity contribution in [1.82, 2.24) is 4.90 Å². The summed E-state index contributed by atoms with van der Waals surface area (Å²) in [6.45, 7) is 11.4. The van der Waals surface area contributed by atoms with Crippen LogP contribution in [0.25, 0.3) is 0 Å². The van der Waals surface area contributed by atoms with Crippen molar-refractivity contribution in [3.63, 3.8) is 0 Å². The second-order valence-electron chi connectivity index (χ2n) is 3.07. The first-order valence-corrected chi connectivity index (χ1v) is 5.12. The molecule has 0 spiro atoms. The Bertz CT molecular complexity index is 322. The first-order valence-electron chi connectivity index (χ1n) is 5.12. The fourth-order valence-electron chi connectivity index (χ4n) is 1.00. The number of nitrogens with zero attached hydrogens (tertiary/aromatic N) is 1. The Morgan fingerprint density at radius 3 is 2.06 bits per heavy atom. The minimum absolute atomic E-state index is 0.125. The van der Waals surface area contributed by atoms with Gasteiger partial charge in [0.25, 0.3) is 0 Å². The van der Waals surface area contributed by atoms with Crippen LogP contribution in [0.1, 0.15) is 0 Å². The maximum atomic E-state index is 11.6. The molecule has 0 aliphatic carbocycles. The van der Waals surface area contributed by atoms with Gasteiger partial charge in [0.2, 0.25) is 5.91 Å². The first kappa shape index (κ1) is 14.9. The molecule has 0 radical (unpaired) electrons. The highest BCUT2D eigenvalue weighted by molar-refractivity contribution is 5.94. The summed E-state index contributed by atoms with van der Waals surface area (Å²) in [7, 11) is 0. The summed E-state index contributed by atoms with van der Waals surface area (Å²) in [6.07, 6.45) is 6.91. The monoisotopic (exact) mass is 235 g/mol. The van der Waals surface area contributed by atoms with Crippen LogP contribution >= 0.6 is 0 Å². The van der Waals surface area contributed by atoms with Crippen molar-refractivity contribution >= 4 is 11.9 Å². The fraction of sp³-hybridized carbons (Fsp3) is 0.231. The maximum absolute atomic E-state index is 11.6. The van der Waals surface area contributed by atoms with Crippen LogP contribution in [0.2, 0.25) is 0 Å². The predicted molar refractivity (Wildman–Crippen MR) is 67.3 cm³/mol. The fourth-order valence-corrected chi connectivity index (χ4v) is 1.00. The number of amides is 1. The summed E-state index contributed by atoms with van der Waals surface area (Å²) in [5.74, 6) is -0.865. The van der Waals surface area contributed by atoms with Crippen LogP contribution in [-0.2, 0) is 14.3 Å². The largest absolute Gasteiger partial charge is 0.458 e. The van der Waals surface area contributed by atoms with E-state index in [0.29, 0.717) is 13.1 Å². The second-order valence-corrected chi connectivity index (χ2v) is 3.07. The Labute approximate surface area is 102 Å². The van der Waals surface area contributed by atoms with Gasteiger partial charge in [0.15, 0.2) is 0 Å². The zero-order valence-corrected chi connectivity index (χ0v) is 9.80. The van der Waals surface area contributed by atoms with Crippen LogP contribution < -0.4 is 0 Å². The molecule has 0 rings (SSSR count). The zero-order valence-electron chi connectivity index (χ0n) is 9.80. The van der Waals surface area contributed by atoms with Gasteiger partial charge in [0.1, 0.15) is 6.61 Å². The average molecular weight is 235 g/mol. The van der Waals surface area contributed by atoms with Gasteiger partial charge in [-0.15, -0.1) is 13.2 Å². The van der Waals surface area contributed by atoms with Gasteiger partial charge in [-0.1, -0.05) is 24.8 Å². The van der Waals surface area contributed by atoms with Crippen LogP contribution in [0.5, 0.6) is 0 Å². The third-order valence-electron chi connectivity index (χ3n) is 1.72. The van der Waals surface area contributed by atoms with E-state index >= 15 is 0 Å². The molecule has 0 aromatic carbocycles. The van der Waals surface area contributed by atoms with Gasteiger partial charge >= 0.3 is 5.97 Å². The number of rotatable bonds is 8. The van der Waals surface area contributed by atoms with Crippen LogP contribution in [-0.4, -0.2) is 36.5 Å². The van der Waals surface area contributed by atoms with Crippen molar-refractivity contribution in [1.29, 1.82) is 0 Å². The molecular formula is C13H17NO3. The van der Waals surface area contributed by atoms with Gasteiger partial charge in [-0.3, -0.25) is 4.79 Å². The second kappa shape index (κ2) is 9.15. The number of hydrogen-bond donors (Lipinski definition) is 0. The standard InChI is InChI=1S/C13H17NO3/c1-4-9-14(10-5-2)12(15)7-8-13(16)17-11-6-3/h4-8H,1-3,9-11H2. The van der Waals surface area contributed by atoms with Crippen molar-refractivity contribution in [3.8, 4) is 0 Å². The average Bonchev–Trinajstić information content (AvgIpc) is 2.33. The molecule has 0 aromatic rings. The maximum Gasteiger partial charge on any atom is 0.331 e. The zero-order chi connectivity index (χ0) is 13.1. The van der Waals surface area contributed by atoms with Crippen molar-refractivity contribution in [2.24, 2.45) is 0 Å². The third-order valence-corrected chi connectivity index (χ3v) is 1.72. The highest BCUT2D eigenvalue weighted by atomic mass is 16.5. The molecule has 1 amide bonds. The van der Waals surface area contributed by atoms with E-state index in [0.717, 1.165) is 6.08 Å². The summed E-state index contributed by atoms with van der Waals surface area (Å²) < 4.78 is 4.69. The summed E-state index contributed by atoms with van der Waals surface area (Å²) in [5.41, 5.74) is 0. The minimum Gasteiger partial charge on any atom is -0.458 e. The van der Waals surface area contributed by atoms with Gasteiger partial charge in [-0.2, -0.15) is 0 Å². The van der Waals surface area contributed by atoms with Crippen molar-refractivity contribution < 1.29 is 14.3 Å². The highest BCUT2D eigenvalue weighted by Gasteiger charge is 2.07. The molecule has 4 nitrogen and oxygen atoms in total. The molecule has 0 aromatic heterocycles. The molecular weight excluding hydrogens is 218 g/mol. The van der Waals surface area contributed by atoms with Crippen molar-refractivity contribution in [2.45, 2.75) is 0 Å². The summed E-state index contributed by atoms with van der Waals surface area (Å²) in [5, 5.41) is 0. The van der Waals surface area contributed by atoms with Gasteiger partial charge in [0, 0.05) is 25.2 Å². The number of esters is 1. The number of ether oxygens (including phenoxy) is 1. The normalized spacial score (nSPS) is 9.65. The van der Waals surface area contributed by atoms with E-state index in [1.807, 2.05) is 0 Å². The molecule has 4 heteroatoms. The molecule has 0 N–H and O–H groups in total. The molecule has 0 aliphatic rings. The van der Waals surface area contributed by atoms with E-state index < -0.39 is 5.97 Å². The van der Waals surface area contributed by atoms with Gasteiger partial charge in [-0.25, -0.2) is 4.79 Å². The molecule has 0 aliphatic heterocycles. The molecule has 0 saturated carbocycles. The lowest BCUT2D eigenvalue weighted by Gasteiger charge is -2.16. The lowest BCUT2D eigenvalue weighted by atomic mass is 10.4. The van der Waals surface area contributed by atoms with E-state index in [2.05, 4.69) is 24.5 Å². The Hall–Kier alpha value is -2.10. The Morgan fingerprint density at radius 1 is 1.00 bits per heavy atom. The molecule has 92 valence electrons. The number of carbonyl (C=O) groups excluding carboxylic acids is 2. The van der Waals surface area contributed by atoms with Gasteiger partial charge < -0.3 is 9.64 Å². The summed E-state index contributed by atoms with van der Waals surface area (Å²) in [4.78, 5) is 24.2. The lowest BCUT2D eigenvalue weighted by Crippen LogP contribution is -2.29. The van der Waals surface area contributed by atoms with E-state index in [4.69, 9.17) is 0 Å². The smallest absolute Gasteiger partial charge is 0.331 e. The van der Waals surface area contributed by atoms with E-state index in [9.17, 15) is 9.59 Å². The lowest BCUT2D eigenvalue weighted by molar-refractivity contribution is -0.137. The Kier molecular flexibility index (Phi) is 8.02. The Balaban J connectivity index is 4.31. The molecule has 0 unspecified atom stereocenters. The molecule has 0 atom stereocenters. The molecule has 0 fully saturated rings. The van der Waals surface area contributed by atoms with Crippen LogP contribution in [0.4, 0.5) is 0 Å². The third kappa shape index (κ3) is 6.89. The van der Waals surface area contributed by atoms with Gasteiger partial charge in [-0.05, 0) is 0 Å². The van der Waals surface area contributed by atoms with E-state index in [1.165, 1.54) is 17.1 Å². The van der Waals surface area contributed by atoms with Crippen LogP contribution in [0.15, 0.2) is 50.1 Å². The van der Waals surface area contributed by atoms with Crippen molar-refractivity contribution in [3.05, 3.63) is 50.1 Å². The highest BCUT2D eigenvalue weighted by Crippen LogP contribution is 1.93. The molecule has 0 heterocycles. The quantitative estimate of drug-likeness (QED) is 0.363. The van der Waals surface area contributed by atoms with Gasteiger partial charge in [0.05, 0.1) is 0 Å². The topological polar surface area (TPSA) is 46.6 Å². The van der Waals surface area contributed by atoms with Crippen LogP contribution in [0, 0.1) is 0 Å². The Morgan fingerprint density at radius 2 is 1.59 bits per heavy atom. The van der Waals surface area contributed by atoms with Crippen LogP contribution in [0.3, 0.4) is 0 Å². The predicted octanol–water partition coefficient (Wildman–Crippen LogP) is 1.47. The SMILES string of the molecule is C=CCOC(=O)C=CC(=O)N(CC=C)CC=C. The summed E-state index contributed by atoms with van der Waals surface area (Å²) in [6, 6.07) is 0. The molecule has 17 heavy (non-hydrogen) atoms. The summed E-state index contributed by atoms with van der Waals surface area (Å²) >= 11 is 0. The molecule has 0 bridgehead atoms. The van der Waals surface area contributed by atoms with E-state index in [-0.39, 0.29) is 12.5 Å². The first-order chi connectivity index (χ1) is 8.15. The number of hydrogen-bond acceptors (Lipinski definition) is 3. The molecule has 0 saturated heterocycles. The minimum atomic E-state index is -0.574.